The molecule has 1 N–H and O–H groups in total. The fourth-order valence-corrected chi connectivity index (χ4v) is 4.22. The first kappa shape index (κ1) is 21.6. The molecule has 31 heavy (non-hydrogen) atoms. The minimum atomic E-state index is -0.261. The Hall–Kier alpha value is -2.66. The maximum atomic E-state index is 12.1. The summed E-state index contributed by atoms with van der Waals surface area (Å²) >= 11 is 0. The van der Waals surface area contributed by atoms with Gasteiger partial charge in [-0.2, -0.15) is 0 Å². The summed E-state index contributed by atoms with van der Waals surface area (Å²) in [5, 5.41) is 3.02. The number of nitrogens with zero attached hydrogens (tertiary/aromatic N) is 2. The molecular formula is C26H33N3O2. The van der Waals surface area contributed by atoms with Crippen LogP contribution in [0, 0.1) is 0 Å². The highest BCUT2D eigenvalue weighted by molar-refractivity contribution is 5.81. The highest BCUT2D eigenvalue weighted by Crippen LogP contribution is 2.22. The average Bonchev–Trinajstić information content (AvgIpc) is 3.45. The molecule has 5 heteroatoms. The van der Waals surface area contributed by atoms with Crippen LogP contribution in [-0.4, -0.2) is 34.7 Å². The Labute approximate surface area is 184 Å². The minimum absolute atomic E-state index is 0.0207. The maximum Gasteiger partial charge on any atom is 0.249 e. The SMILES string of the molecule is CCC(C)c1ccc(Cn2c(CCCNC(=O)C3CCCO3)nc3ccccc32)cc1. The van der Waals surface area contributed by atoms with Gasteiger partial charge in [0.15, 0.2) is 0 Å². The predicted molar refractivity (Wildman–Crippen MR) is 124 cm³/mol. The van der Waals surface area contributed by atoms with E-state index in [0.29, 0.717) is 19.1 Å². The minimum Gasteiger partial charge on any atom is -0.368 e. The van der Waals surface area contributed by atoms with Crippen molar-refractivity contribution in [2.45, 2.75) is 64.5 Å². The number of aromatic nitrogens is 2. The fourth-order valence-electron chi connectivity index (χ4n) is 4.22. The summed E-state index contributed by atoms with van der Waals surface area (Å²) in [7, 11) is 0. The second-order valence-corrected chi connectivity index (χ2v) is 8.55. The molecule has 0 bridgehead atoms. The highest BCUT2D eigenvalue weighted by atomic mass is 16.5. The Balaban J connectivity index is 1.43. The second-order valence-electron chi connectivity index (χ2n) is 8.55. The first-order chi connectivity index (χ1) is 15.2. The van der Waals surface area contributed by atoms with Gasteiger partial charge in [-0.1, -0.05) is 50.2 Å². The number of hydrogen-bond acceptors (Lipinski definition) is 3. The van der Waals surface area contributed by atoms with Crippen molar-refractivity contribution in [1.82, 2.24) is 14.9 Å². The predicted octanol–water partition coefficient (Wildman–Crippen LogP) is 4.83. The Morgan fingerprint density at radius 3 is 2.77 bits per heavy atom. The molecular weight excluding hydrogens is 386 g/mol. The van der Waals surface area contributed by atoms with Crippen molar-refractivity contribution in [3.8, 4) is 0 Å². The van der Waals surface area contributed by atoms with Gasteiger partial charge in [0.25, 0.3) is 0 Å². The number of para-hydroxylation sites is 2. The van der Waals surface area contributed by atoms with Crippen LogP contribution in [0.1, 0.15) is 62.4 Å². The van der Waals surface area contributed by atoms with Gasteiger partial charge in [0.1, 0.15) is 11.9 Å². The lowest BCUT2D eigenvalue weighted by Gasteiger charge is -2.13. The van der Waals surface area contributed by atoms with E-state index in [0.717, 1.165) is 55.5 Å². The normalized spacial score (nSPS) is 17.2. The molecule has 2 heterocycles. The van der Waals surface area contributed by atoms with Crippen molar-refractivity contribution in [3.05, 3.63) is 65.5 Å². The van der Waals surface area contributed by atoms with Crippen molar-refractivity contribution in [2.24, 2.45) is 0 Å². The van der Waals surface area contributed by atoms with E-state index >= 15 is 0 Å². The summed E-state index contributed by atoms with van der Waals surface area (Å²) in [6.07, 6.45) is 4.37. The van der Waals surface area contributed by atoms with Gasteiger partial charge in [0, 0.05) is 26.1 Å². The van der Waals surface area contributed by atoms with Crippen LogP contribution >= 0.6 is 0 Å². The van der Waals surface area contributed by atoms with Crippen molar-refractivity contribution in [1.29, 1.82) is 0 Å². The molecule has 1 fully saturated rings. The Morgan fingerprint density at radius 1 is 1.23 bits per heavy atom. The third-order valence-electron chi connectivity index (χ3n) is 6.33. The number of carbonyl (C=O) groups excluding carboxylic acids is 1. The summed E-state index contributed by atoms with van der Waals surface area (Å²) in [5.41, 5.74) is 4.86. The number of aryl methyl sites for hydroxylation is 1. The molecule has 2 unspecified atom stereocenters. The summed E-state index contributed by atoms with van der Waals surface area (Å²) in [6, 6.07) is 17.3. The number of fused-ring (bicyclic) bond motifs is 1. The number of carbonyl (C=O) groups is 1. The Morgan fingerprint density at radius 2 is 2.03 bits per heavy atom. The molecule has 1 aromatic heterocycles. The summed E-state index contributed by atoms with van der Waals surface area (Å²) in [6.45, 7) is 6.64. The molecule has 2 atom stereocenters. The van der Waals surface area contributed by atoms with Gasteiger partial charge in [-0.3, -0.25) is 4.79 Å². The number of imidazole rings is 1. The zero-order chi connectivity index (χ0) is 21.6. The van der Waals surface area contributed by atoms with Gasteiger partial charge in [0.2, 0.25) is 5.91 Å². The first-order valence-electron chi connectivity index (χ1n) is 11.6. The van der Waals surface area contributed by atoms with Gasteiger partial charge >= 0.3 is 0 Å². The van der Waals surface area contributed by atoms with Crippen LogP contribution in [0.15, 0.2) is 48.5 Å². The quantitative estimate of drug-likeness (QED) is 0.506. The average molecular weight is 420 g/mol. The number of ether oxygens (including phenoxy) is 1. The first-order valence-corrected chi connectivity index (χ1v) is 11.6. The molecule has 0 saturated carbocycles. The van der Waals surface area contributed by atoms with E-state index in [4.69, 9.17) is 9.72 Å². The molecule has 1 aliphatic heterocycles. The van der Waals surface area contributed by atoms with E-state index in [1.54, 1.807) is 0 Å². The zero-order valence-corrected chi connectivity index (χ0v) is 18.6. The van der Waals surface area contributed by atoms with Crippen LogP contribution < -0.4 is 5.32 Å². The maximum absolute atomic E-state index is 12.1. The van der Waals surface area contributed by atoms with E-state index < -0.39 is 0 Å². The molecule has 0 radical (unpaired) electrons. The van der Waals surface area contributed by atoms with Crippen LogP contribution in [-0.2, 0) is 22.5 Å². The molecule has 3 aromatic rings. The lowest BCUT2D eigenvalue weighted by molar-refractivity contribution is -0.130. The molecule has 1 amide bonds. The molecule has 164 valence electrons. The van der Waals surface area contributed by atoms with Gasteiger partial charge < -0.3 is 14.6 Å². The monoisotopic (exact) mass is 419 g/mol. The van der Waals surface area contributed by atoms with Crippen molar-refractivity contribution in [2.75, 3.05) is 13.2 Å². The molecule has 1 aliphatic rings. The van der Waals surface area contributed by atoms with Crippen LogP contribution in [0.2, 0.25) is 0 Å². The molecule has 0 aliphatic carbocycles. The van der Waals surface area contributed by atoms with E-state index in [9.17, 15) is 4.79 Å². The van der Waals surface area contributed by atoms with Crippen LogP contribution in [0.3, 0.4) is 0 Å². The molecule has 1 saturated heterocycles. The van der Waals surface area contributed by atoms with Gasteiger partial charge in [-0.05, 0) is 54.9 Å². The van der Waals surface area contributed by atoms with Crippen LogP contribution in [0.25, 0.3) is 11.0 Å². The number of nitrogens with one attached hydrogen (secondary N) is 1. The Bertz CT molecular complexity index is 1000. The van der Waals surface area contributed by atoms with Gasteiger partial charge in [0.05, 0.1) is 11.0 Å². The summed E-state index contributed by atoms with van der Waals surface area (Å²) < 4.78 is 7.77. The zero-order valence-electron chi connectivity index (χ0n) is 18.6. The molecule has 2 aromatic carbocycles. The number of amides is 1. The fraction of sp³-hybridized carbons (Fsp3) is 0.462. The molecule has 4 rings (SSSR count). The molecule has 5 nitrogen and oxygen atoms in total. The molecule has 0 spiro atoms. The van der Waals surface area contributed by atoms with Gasteiger partial charge in [-0.15, -0.1) is 0 Å². The van der Waals surface area contributed by atoms with Crippen LogP contribution in [0.4, 0.5) is 0 Å². The van der Waals surface area contributed by atoms with E-state index in [2.05, 4.69) is 66.2 Å². The third-order valence-corrected chi connectivity index (χ3v) is 6.33. The number of rotatable bonds is 9. The van der Waals surface area contributed by atoms with E-state index in [1.807, 2.05) is 6.07 Å². The smallest absolute Gasteiger partial charge is 0.249 e. The van der Waals surface area contributed by atoms with Crippen molar-refractivity contribution < 1.29 is 9.53 Å². The Kier molecular flexibility index (Phi) is 7.03. The van der Waals surface area contributed by atoms with Crippen LogP contribution in [0.5, 0.6) is 0 Å². The lowest BCUT2D eigenvalue weighted by Crippen LogP contribution is -2.34. The summed E-state index contributed by atoms with van der Waals surface area (Å²) in [4.78, 5) is 17.0. The topological polar surface area (TPSA) is 56.2 Å². The highest BCUT2D eigenvalue weighted by Gasteiger charge is 2.23. The standard InChI is InChI=1S/C26H33N3O2/c1-3-19(2)21-14-12-20(13-15-21)18-29-23-9-5-4-8-22(23)28-25(29)11-6-16-27-26(30)24-10-7-17-31-24/h4-5,8-9,12-15,19,24H,3,6-7,10-11,16-18H2,1-2H3,(H,27,30). The van der Waals surface area contributed by atoms with Crippen molar-refractivity contribution >= 4 is 16.9 Å². The summed E-state index contributed by atoms with van der Waals surface area (Å²) in [5.74, 6) is 1.68. The largest absolute Gasteiger partial charge is 0.368 e. The third kappa shape index (κ3) is 5.16. The lowest BCUT2D eigenvalue weighted by atomic mass is 9.97. The second kappa shape index (κ2) is 10.1. The van der Waals surface area contributed by atoms with Gasteiger partial charge in [-0.25, -0.2) is 4.98 Å². The van der Waals surface area contributed by atoms with Crippen molar-refractivity contribution in [3.63, 3.8) is 0 Å². The number of benzene rings is 2. The van der Waals surface area contributed by atoms with E-state index in [1.165, 1.54) is 11.1 Å². The van der Waals surface area contributed by atoms with E-state index in [-0.39, 0.29) is 12.0 Å². The number of hydrogen-bond donors (Lipinski definition) is 1.